The summed E-state index contributed by atoms with van der Waals surface area (Å²) in [5.74, 6) is -3.17. The highest BCUT2D eigenvalue weighted by Crippen LogP contribution is 2.68. The molecule has 2 atom stereocenters. The maximum absolute atomic E-state index is 14.1. The zero-order valence-electron chi connectivity index (χ0n) is 16.6. The van der Waals surface area contributed by atoms with Crippen LogP contribution >= 0.6 is 0 Å². The van der Waals surface area contributed by atoms with E-state index in [1.165, 1.54) is 12.0 Å². The summed E-state index contributed by atoms with van der Waals surface area (Å²) in [5.41, 5.74) is 0.851. The van der Waals surface area contributed by atoms with Gasteiger partial charge in [0.25, 0.3) is 5.92 Å². The third kappa shape index (κ3) is 3.76. The molecule has 0 bridgehead atoms. The molecule has 0 unspecified atom stereocenters. The lowest BCUT2D eigenvalue weighted by Crippen LogP contribution is -2.43. The fourth-order valence-corrected chi connectivity index (χ4v) is 4.22. The molecular formula is C23H23F2NO4. The van der Waals surface area contributed by atoms with Gasteiger partial charge in [-0.25, -0.2) is 18.4 Å². The van der Waals surface area contributed by atoms with Crippen molar-refractivity contribution < 1.29 is 27.8 Å². The van der Waals surface area contributed by atoms with E-state index in [4.69, 9.17) is 9.47 Å². The van der Waals surface area contributed by atoms with Crippen molar-refractivity contribution in [2.45, 2.75) is 37.8 Å². The van der Waals surface area contributed by atoms with Crippen LogP contribution in [-0.4, -0.2) is 36.5 Å². The third-order valence-corrected chi connectivity index (χ3v) is 6.16. The van der Waals surface area contributed by atoms with Crippen molar-refractivity contribution in [3.05, 3.63) is 71.3 Å². The summed E-state index contributed by atoms with van der Waals surface area (Å²) < 4.78 is 38.3. The van der Waals surface area contributed by atoms with Crippen molar-refractivity contribution in [2.24, 2.45) is 5.41 Å². The van der Waals surface area contributed by atoms with E-state index in [-0.39, 0.29) is 32.4 Å². The molecule has 1 amide bonds. The minimum absolute atomic E-state index is 0.117. The van der Waals surface area contributed by atoms with E-state index in [1.807, 2.05) is 30.3 Å². The summed E-state index contributed by atoms with van der Waals surface area (Å²) in [6.45, 7) is 0.318. The molecule has 1 aliphatic carbocycles. The van der Waals surface area contributed by atoms with Gasteiger partial charge in [-0.2, -0.15) is 0 Å². The summed E-state index contributed by atoms with van der Waals surface area (Å²) in [5, 5.41) is 0. The number of likely N-dealkylation sites (tertiary alicyclic amines) is 1. The predicted molar refractivity (Wildman–Crippen MR) is 105 cm³/mol. The van der Waals surface area contributed by atoms with E-state index >= 15 is 0 Å². The Balaban J connectivity index is 1.54. The molecule has 1 heterocycles. The summed E-state index contributed by atoms with van der Waals surface area (Å²) in [4.78, 5) is 26.0. The quantitative estimate of drug-likeness (QED) is 0.662. The number of methoxy groups -OCH3 is 1. The number of hydrogen-bond donors (Lipinski definition) is 0. The van der Waals surface area contributed by atoms with Gasteiger partial charge in [-0.15, -0.1) is 0 Å². The number of carbonyl (C=O) groups excluding carboxylic acids is 2. The summed E-state index contributed by atoms with van der Waals surface area (Å²) >= 11 is 0. The van der Waals surface area contributed by atoms with E-state index in [0.717, 1.165) is 5.56 Å². The topological polar surface area (TPSA) is 55.8 Å². The molecular weight excluding hydrogens is 392 g/mol. The lowest BCUT2D eigenvalue weighted by Gasteiger charge is -2.39. The highest BCUT2D eigenvalue weighted by Gasteiger charge is 2.72. The van der Waals surface area contributed by atoms with Crippen LogP contribution in [0, 0.1) is 5.41 Å². The minimum atomic E-state index is -2.70. The van der Waals surface area contributed by atoms with Crippen LogP contribution in [0.3, 0.4) is 0 Å². The molecule has 2 fully saturated rings. The number of rotatable bonds is 4. The maximum Gasteiger partial charge on any atom is 0.410 e. The fraction of sp³-hybridized carbons (Fsp3) is 0.391. The molecule has 2 aliphatic rings. The van der Waals surface area contributed by atoms with Crippen molar-refractivity contribution in [3.8, 4) is 0 Å². The largest absolute Gasteiger partial charge is 0.465 e. The Bertz CT molecular complexity index is 932. The Labute approximate surface area is 173 Å². The molecule has 2 aromatic rings. The number of piperidine rings is 1. The minimum Gasteiger partial charge on any atom is -0.465 e. The predicted octanol–water partition coefficient (Wildman–Crippen LogP) is 4.97. The van der Waals surface area contributed by atoms with Crippen LogP contribution in [0.5, 0.6) is 0 Å². The standard InChI is InChI=1S/C23H23F2NO4/c1-29-20(27)18-9-7-17(8-10-18)19-13-22(15-23(22,24)25)11-12-26(19)21(28)30-14-16-5-3-2-4-6-16/h2-10,19H,11-15H2,1H3/t19-,22-/m0/s1. The SMILES string of the molecule is COC(=O)c1ccc([C@@H]2C[C@@]3(CCN2C(=O)OCc2ccccc2)CC3(F)F)cc1. The Kier molecular flexibility index (Phi) is 5.22. The molecule has 1 aliphatic heterocycles. The van der Waals surface area contributed by atoms with E-state index in [2.05, 4.69) is 0 Å². The van der Waals surface area contributed by atoms with Gasteiger partial charge in [-0.3, -0.25) is 0 Å². The smallest absolute Gasteiger partial charge is 0.410 e. The average Bonchev–Trinajstić information content (AvgIpc) is 3.30. The van der Waals surface area contributed by atoms with Crippen LogP contribution < -0.4 is 0 Å². The Hall–Kier alpha value is -2.96. The van der Waals surface area contributed by atoms with Gasteiger partial charge in [0.15, 0.2) is 0 Å². The van der Waals surface area contributed by atoms with Gasteiger partial charge in [-0.1, -0.05) is 42.5 Å². The normalized spacial score (nSPS) is 24.4. The Morgan fingerprint density at radius 1 is 1.10 bits per heavy atom. The number of nitrogens with zero attached hydrogens (tertiary/aromatic N) is 1. The summed E-state index contributed by atoms with van der Waals surface area (Å²) in [6.07, 6.45) is -0.265. The first-order valence-electron chi connectivity index (χ1n) is 9.89. The van der Waals surface area contributed by atoms with Gasteiger partial charge in [0, 0.05) is 18.4 Å². The first kappa shape index (κ1) is 20.3. The van der Waals surface area contributed by atoms with Crippen LogP contribution in [0.15, 0.2) is 54.6 Å². The van der Waals surface area contributed by atoms with Crippen LogP contribution in [0.25, 0.3) is 0 Å². The van der Waals surface area contributed by atoms with Gasteiger partial charge >= 0.3 is 12.1 Å². The van der Waals surface area contributed by atoms with E-state index < -0.39 is 29.4 Å². The van der Waals surface area contributed by atoms with Gasteiger partial charge in [-0.05, 0) is 36.1 Å². The molecule has 1 saturated heterocycles. The van der Waals surface area contributed by atoms with Gasteiger partial charge < -0.3 is 14.4 Å². The number of amides is 1. The van der Waals surface area contributed by atoms with Gasteiger partial charge in [0.05, 0.1) is 18.7 Å². The molecule has 0 aromatic heterocycles. The van der Waals surface area contributed by atoms with Crippen LogP contribution in [0.2, 0.25) is 0 Å². The number of halogens is 2. The molecule has 158 valence electrons. The number of alkyl halides is 2. The second-order valence-corrected chi connectivity index (χ2v) is 7.98. The van der Waals surface area contributed by atoms with Crippen molar-refractivity contribution in [1.29, 1.82) is 0 Å². The third-order valence-electron chi connectivity index (χ3n) is 6.16. The average molecular weight is 415 g/mol. The van der Waals surface area contributed by atoms with E-state index in [0.29, 0.717) is 11.1 Å². The number of benzene rings is 2. The molecule has 30 heavy (non-hydrogen) atoms. The van der Waals surface area contributed by atoms with Crippen molar-refractivity contribution in [1.82, 2.24) is 4.90 Å². The van der Waals surface area contributed by atoms with E-state index in [9.17, 15) is 18.4 Å². The second kappa shape index (κ2) is 7.70. The molecule has 7 heteroatoms. The number of esters is 1. The van der Waals surface area contributed by atoms with E-state index in [1.54, 1.807) is 24.3 Å². The lowest BCUT2D eigenvalue weighted by molar-refractivity contribution is 0.00419. The van der Waals surface area contributed by atoms with Crippen LogP contribution in [-0.2, 0) is 16.1 Å². The van der Waals surface area contributed by atoms with Crippen molar-refractivity contribution in [3.63, 3.8) is 0 Å². The Morgan fingerprint density at radius 3 is 2.37 bits per heavy atom. The summed E-state index contributed by atoms with van der Waals surface area (Å²) in [6, 6.07) is 15.3. The van der Waals surface area contributed by atoms with Crippen LogP contribution in [0.1, 0.15) is 46.8 Å². The highest BCUT2D eigenvalue weighted by atomic mass is 19.3. The fourth-order valence-electron chi connectivity index (χ4n) is 4.22. The van der Waals surface area contributed by atoms with Crippen molar-refractivity contribution >= 4 is 12.1 Å². The van der Waals surface area contributed by atoms with Gasteiger partial charge in [0.1, 0.15) is 6.61 Å². The number of ether oxygens (including phenoxy) is 2. The zero-order chi connectivity index (χ0) is 21.4. The molecule has 4 rings (SSSR count). The van der Waals surface area contributed by atoms with Crippen LogP contribution in [0.4, 0.5) is 13.6 Å². The monoisotopic (exact) mass is 415 g/mol. The molecule has 1 saturated carbocycles. The molecule has 0 N–H and O–H groups in total. The summed E-state index contributed by atoms with van der Waals surface area (Å²) in [7, 11) is 1.29. The number of carbonyl (C=O) groups is 2. The lowest BCUT2D eigenvalue weighted by atomic mass is 9.84. The molecule has 0 radical (unpaired) electrons. The van der Waals surface area contributed by atoms with Gasteiger partial charge in [0.2, 0.25) is 0 Å². The second-order valence-electron chi connectivity index (χ2n) is 7.98. The van der Waals surface area contributed by atoms with Crippen molar-refractivity contribution in [2.75, 3.05) is 13.7 Å². The first-order valence-corrected chi connectivity index (χ1v) is 9.89. The molecule has 5 nitrogen and oxygen atoms in total. The highest BCUT2D eigenvalue weighted by molar-refractivity contribution is 5.89. The zero-order valence-corrected chi connectivity index (χ0v) is 16.6. The molecule has 1 spiro atoms. The Morgan fingerprint density at radius 2 is 1.77 bits per heavy atom. The maximum atomic E-state index is 14.1. The molecule has 2 aromatic carbocycles. The number of hydrogen-bond acceptors (Lipinski definition) is 4. The first-order chi connectivity index (χ1) is 14.4.